The molecule has 3 atom stereocenters. The number of carbonyl (C=O) groups excluding carboxylic acids is 4. The molecule has 11 nitrogen and oxygen atoms in total. The SMILES string of the molecule is O=C(CNC(=O)OCC1c2ccccc2-c2ccccc21)N[C@@H](Cc1ccccc1)C(=O)N[C@@H](Cc1ccccc1)C(=O)N[C@@H](Cc1ccccc1)C(=O)O. The van der Waals surface area contributed by atoms with Gasteiger partial charge in [-0.1, -0.05) is 140 Å². The second-order valence-electron chi connectivity index (χ2n) is 13.3. The summed E-state index contributed by atoms with van der Waals surface area (Å²) in [5, 5.41) is 20.5. The van der Waals surface area contributed by atoms with E-state index in [4.69, 9.17) is 4.74 Å². The molecule has 5 aromatic carbocycles. The van der Waals surface area contributed by atoms with E-state index >= 15 is 0 Å². The number of benzene rings is 5. The number of amides is 4. The molecular formula is C44H42N4O7. The van der Waals surface area contributed by atoms with Crippen molar-refractivity contribution in [1.82, 2.24) is 21.3 Å². The Hall–Kier alpha value is -6.75. The van der Waals surface area contributed by atoms with E-state index in [1.807, 2.05) is 66.7 Å². The zero-order valence-corrected chi connectivity index (χ0v) is 30.0. The molecule has 0 bridgehead atoms. The van der Waals surface area contributed by atoms with Crippen molar-refractivity contribution in [2.24, 2.45) is 0 Å². The number of aliphatic carboxylic acids is 1. The van der Waals surface area contributed by atoms with Crippen LogP contribution in [0, 0.1) is 0 Å². The van der Waals surface area contributed by atoms with Crippen molar-refractivity contribution in [1.29, 1.82) is 0 Å². The maximum absolute atomic E-state index is 14.0. The van der Waals surface area contributed by atoms with E-state index in [0.717, 1.165) is 38.9 Å². The van der Waals surface area contributed by atoms with Crippen LogP contribution in [0.5, 0.6) is 0 Å². The van der Waals surface area contributed by atoms with Crippen molar-refractivity contribution < 1.29 is 33.8 Å². The van der Waals surface area contributed by atoms with Crippen LogP contribution in [0.2, 0.25) is 0 Å². The topological polar surface area (TPSA) is 163 Å². The van der Waals surface area contributed by atoms with E-state index in [1.165, 1.54) is 0 Å². The molecule has 5 aromatic rings. The maximum Gasteiger partial charge on any atom is 0.407 e. The molecule has 0 radical (unpaired) electrons. The van der Waals surface area contributed by atoms with Crippen LogP contribution >= 0.6 is 0 Å². The van der Waals surface area contributed by atoms with Crippen LogP contribution in [-0.4, -0.2) is 66.2 Å². The van der Waals surface area contributed by atoms with E-state index in [9.17, 15) is 29.1 Å². The van der Waals surface area contributed by atoms with Crippen LogP contribution in [0.4, 0.5) is 4.79 Å². The summed E-state index contributed by atoms with van der Waals surface area (Å²) in [5.74, 6) is -3.38. The fraction of sp³-hybridized carbons (Fsp3) is 0.205. The number of fused-ring (bicyclic) bond motifs is 3. The van der Waals surface area contributed by atoms with E-state index in [-0.39, 0.29) is 31.8 Å². The number of alkyl carbamates (subject to hydrolysis) is 1. The third kappa shape index (κ3) is 10.2. The van der Waals surface area contributed by atoms with Gasteiger partial charge in [0, 0.05) is 25.2 Å². The first kappa shape index (κ1) is 38.0. The molecule has 55 heavy (non-hydrogen) atoms. The summed E-state index contributed by atoms with van der Waals surface area (Å²) in [4.78, 5) is 65.9. The minimum atomic E-state index is -1.26. The lowest BCUT2D eigenvalue weighted by Gasteiger charge is -2.25. The molecule has 0 saturated carbocycles. The van der Waals surface area contributed by atoms with Gasteiger partial charge in [-0.3, -0.25) is 14.4 Å². The number of carboxylic acids is 1. The van der Waals surface area contributed by atoms with Crippen molar-refractivity contribution in [3.05, 3.63) is 167 Å². The summed E-state index contributed by atoms with van der Waals surface area (Å²) >= 11 is 0. The molecule has 0 spiro atoms. The van der Waals surface area contributed by atoms with Gasteiger partial charge in [0.1, 0.15) is 31.3 Å². The van der Waals surface area contributed by atoms with Crippen molar-refractivity contribution in [2.75, 3.05) is 13.2 Å². The molecule has 0 fully saturated rings. The van der Waals surface area contributed by atoms with Gasteiger partial charge in [-0.2, -0.15) is 0 Å². The van der Waals surface area contributed by atoms with Gasteiger partial charge in [-0.25, -0.2) is 9.59 Å². The second-order valence-corrected chi connectivity index (χ2v) is 13.3. The average Bonchev–Trinajstić information content (AvgIpc) is 3.53. The summed E-state index contributed by atoms with van der Waals surface area (Å²) < 4.78 is 5.56. The van der Waals surface area contributed by atoms with Gasteiger partial charge in [0.15, 0.2) is 0 Å². The zero-order chi connectivity index (χ0) is 38.6. The first-order chi connectivity index (χ1) is 26.7. The molecular weight excluding hydrogens is 697 g/mol. The normalized spacial score (nSPS) is 13.2. The van der Waals surface area contributed by atoms with E-state index in [1.54, 1.807) is 72.8 Å². The van der Waals surface area contributed by atoms with E-state index < -0.39 is 54.5 Å². The summed E-state index contributed by atoms with van der Waals surface area (Å²) in [5.41, 5.74) is 6.48. The van der Waals surface area contributed by atoms with Gasteiger partial charge in [0.2, 0.25) is 17.7 Å². The molecule has 0 saturated heterocycles. The third-order valence-corrected chi connectivity index (χ3v) is 9.48. The lowest BCUT2D eigenvalue weighted by atomic mass is 9.98. The van der Waals surface area contributed by atoms with Crippen LogP contribution in [0.3, 0.4) is 0 Å². The Kier molecular flexibility index (Phi) is 12.7. The molecule has 0 aliphatic heterocycles. The van der Waals surface area contributed by atoms with Crippen molar-refractivity contribution >= 4 is 29.8 Å². The highest BCUT2D eigenvalue weighted by Gasteiger charge is 2.31. The molecule has 0 unspecified atom stereocenters. The fourth-order valence-electron chi connectivity index (χ4n) is 6.76. The molecule has 1 aliphatic rings. The average molecular weight is 739 g/mol. The first-order valence-corrected chi connectivity index (χ1v) is 18.1. The zero-order valence-electron chi connectivity index (χ0n) is 30.0. The molecule has 4 amide bonds. The molecule has 1 aliphatic carbocycles. The van der Waals surface area contributed by atoms with Crippen LogP contribution < -0.4 is 21.3 Å². The summed E-state index contributed by atoms with van der Waals surface area (Å²) in [6, 6.07) is 39.3. The number of carboxylic acid groups (broad SMARTS) is 1. The summed E-state index contributed by atoms with van der Waals surface area (Å²) in [6.45, 7) is -0.400. The molecule has 6 rings (SSSR count). The minimum absolute atomic E-state index is 0.0390. The number of carbonyl (C=O) groups is 5. The fourth-order valence-corrected chi connectivity index (χ4v) is 6.76. The van der Waals surface area contributed by atoms with Crippen molar-refractivity contribution in [3.8, 4) is 11.1 Å². The highest BCUT2D eigenvalue weighted by molar-refractivity contribution is 5.94. The maximum atomic E-state index is 14.0. The van der Waals surface area contributed by atoms with Crippen LogP contribution in [0.15, 0.2) is 140 Å². The summed E-state index contributed by atoms with van der Waals surface area (Å²) in [7, 11) is 0. The lowest BCUT2D eigenvalue weighted by Crippen LogP contribution is -2.57. The summed E-state index contributed by atoms with van der Waals surface area (Å²) in [6.07, 6.45) is -0.610. The largest absolute Gasteiger partial charge is 0.480 e. The number of rotatable bonds is 16. The first-order valence-electron chi connectivity index (χ1n) is 18.1. The van der Waals surface area contributed by atoms with Crippen LogP contribution in [0.25, 0.3) is 11.1 Å². The number of ether oxygens (including phenoxy) is 1. The minimum Gasteiger partial charge on any atom is -0.480 e. The van der Waals surface area contributed by atoms with Gasteiger partial charge < -0.3 is 31.1 Å². The Morgan fingerprint density at radius 1 is 0.527 bits per heavy atom. The van der Waals surface area contributed by atoms with Crippen molar-refractivity contribution in [2.45, 2.75) is 43.3 Å². The predicted molar refractivity (Wildman–Crippen MR) is 207 cm³/mol. The molecule has 11 heteroatoms. The molecule has 280 valence electrons. The van der Waals surface area contributed by atoms with Gasteiger partial charge in [-0.05, 0) is 38.9 Å². The van der Waals surface area contributed by atoms with E-state index in [0.29, 0.717) is 0 Å². The highest BCUT2D eigenvalue weighted by atomic mass is 16.5. The quantitative estimate of drug-likeness (QED) is 0.0972. The van der Waals surface area contributed by atoms with Gasteiger partial charge in [0.25, 0.3) is 0 Å². The standard InChI is InChI=1S/C44H42N4O7/c49-40(27-45-44(54)55-28-36-34-22-12-10-20-32(34)33-21-11-13-23-35(33)36)46-37(24-29-14-4-1-5-15-29)41(50)47-38(25-30-16-6-2-7-17-30)42(51)48-39(43(52)53)26-31-18-8-3-9-19-31/h1-23,36-39H,24-28H2,(H,45,54)(H,46,49)(H,47,50)(H,48,51)(H,52,53)/t37-,38-,39-/m0/s1. The van der Waals surface area contributed by atoms with Gasteiger partial charge in [0.05, 0.1) is 0 Å². The number of hydrogen-bond donors (Lipinski definition) is 5. The Bertz CT molecular complexity index is 2070. The van der Waals surface area contributed by atoms with Gasteiger partial charge >= 0.3 is 12.1 Å². The monoisotopic (exact) mass is 738 g/mol. The Morgan fingerprint density at radius 3 is 1.40 bits per heavy atom. The Balaban J connectivity index is 1.11. The second kappa shape index (κ2) is 18.3. The van der Waals surface area contributed by atoms with Crippen LogP contribution in [-0.2, 0) is 43.2 Å². The van der Waals surface area contributed by atoms with E-state index in [2.05, 4.69) is 21.3 Å². The molecule has 0 heterocycles. The molecule has 5 N–H and O–H groups in total. The number of nitrogens with one attached hydrogen (secondary N) is 4. The highest BCUT2D eigenvalue weighted by Crippen LogP contribution is 2.44. The smallest absolute Gasteiger partial charge is 0.407 e. The Morgan fingerprint density at radius 2 is 0.927 bits per heavy atom. The predicted octanol–water partition coefficient (Wildman–Crippen LogP) is 4.79. The van der Waals surface area contributed by atoms with Crippen LogP contribution in [0.1, 0.15) is 33.7 Å². The lowest BCUT2D eigenvalue weighted by molar-refractivity contribution is -0.142. The molecule has 0 aromatic heterocycles. The van der Waals surface area contributed by atoms with Gasteiger partial charge in [-0.15, -0.1) is 0 Å². The third-order valence-electron chi connectivity index (χ3n) is 9.48. The number of hydrogen-bond acceptors (Lipinski definition) is 6. The Labute approximate surface area is 319 Å². The van der Waals surface area contributed by atoms with Crippen molar-refractivity contribution in [3.63, 3.8) is 0 Å².